The maximum Gasteiger partial charge on any atom is 0.294 e. The summed E-state index contributed by atoms with van der Waals surface area (Å²) in [5, 5.41) is 2.18. The highest BCUT2D eigenvalue weighted by Crippen LogP contribution is 2.33. The normalized spacial score (nSPS) is 17.8. The minimum Gasteiger partial charge on any atom is -0.494 e. The fourth-order valence-electron chi connectivity index (χ4n) is 3.28. The summed E-state index contributed by atoms with van der Waals surface area (Å²) in [5.41, 5.74) is 0.548. The van der Waals surface area contributed by atoms with Crippen LogP contribution >= 0.6 is 11.8 Å². The van der Waals surface area contributed by atoms with Gasteiger partial charge < -0.3 is 24.1 Å². The van der Waals surface area contributed by atoms with Crippen LogP contribution < -0.4 is 15.0 Å². The number of carbonyl (C=O) groups is 3. The quantitative estimate of drug-likeness (QED) is 0.633. The van der Waals surface area contributed by atoms with Crippen molar-refractivity contribution in [2.75, 3.05) is 49.7 Å². The first-order valence-electron chi connectivity index (χ1n) is 10.2. The van der Waals surface area contributed by atoms with Gasteiger partial charge in [-0.25, -0.2) is 0 Å². The molecular formula is C22H23N3O6S. The Bertz CT molecular complexity index is 1030. The van der Waals surface area contributed by atoms with E-state index >= 15 is 0 Å². The van der Waals surface area contributed by atoms with Gasteiger partial charge in [0.15, 0.2) is 5.88 Å². The average Bonchev–Trinajstić information content (AvgIpc) is 3.36. The Balaban J connectivity index is 1.37. The van der Waals surface area contributed by atoms with E-state index in [2.05, 4.69) is 10.2 Å². The number of nitrogens with one attached hydrogen (secondary N) is 1. The molecule has 0 radical (unpaired) electrons. The van der Waals surface area contributed by atoms with Crippen molar-refractivity contribution in [1.82, 2.24) is 4.90 Å². The molecular weight excluding hydrogens is 434 g/mol. The highest BCUT2D eigenvalue weighted by atomic mass is 32.2. The van der Waals surface area contributed by atoms with Crippen LogP contribution in [-0.2, 0) is 14.3 Å². The second-order valence-corrected chi connectivity index (χ2v) is 8.04. The summed E-state index contributed by atoms with van der Waals surface area (Å²) in [6.07, 6.45) is 1.53. The maximum absolute atomic E-state index is 12.7. The first-order valence-corrected chi connectivity index (χ1v) is 11.1. The van der Waals surface area contributed by atoms with Gasteiger partial charge in [0.25, 0.3) is 11.1 Å². The number of rotatable bonds is 7. The topological polar surface area (TPSA) is 101 Å². The van der Waals surface area contributed by atoms with Crippen molar-refractivity contribution in [3.63, 3.8) is 0 Å². The van der Waals surface area contributed by atoms with Gasteiger partial charge in [-0.15, -0.1) is 0 Å². The lowest BCUT2D eigenvalue weighted by Gasteiger charge is -2.26. The fraction of sp³-hybridized carbons (Fsp3) is 0.318. The maximum atomic E-state index is 12.7. The molecule has 2 fully saturated rings. The minimum atomic E-state index is -0.522. The highest BCUT2D eigenvalue weighted by Gasteiger charge is 2.36. The SMILES string of the molecule is CCOc1ccc(NC(=O)CN2C(=O)S/C(=C/c3ccc(N4CCOCC4)o3)C2=O)cc1. The molecule has 4 rings (SSSR count). The molecule has 2 aliphatic heterocycles. The number of benzene rings is 1. The van der Waals surface area contributed by atoms with E-state index in [0.717, 1.165) is 29.8 Å². The molecule has 2 saturated heterocycles. The summed E-state index contributed by atoms with van der Waals surface area (Å²) in [6, 6.07) is 10.4. The van der Waals surface area contributed by atoms with Crippen molar-refractivity contribution in [3.8, 4) is 5.75 Å². The molecule has 2 aromatic rings. The van der Waals surface area contributed by atoms with Gasteiger partial charge >= 0.3 is 0 Å². The van der Waals surface area contributed by atoms with Crippen molar-refractivity contribution in [2.45, 2.75) is 6.92 Å². The van der Waals surface area contributed by atoms with Gasteiger partial charge in [-0.2, -0.15) is 0 Å². The number of imide groups is 1. The van der Waals surface area contributed by atoms with E-state index in [1.807, 2.05) is 13.0 Å². The molecule has 0 aliphatic carbocycles. The van der Waals surface area contributed by atoms with Gasteiger partial charge in [0.2, 0.25) is 5.91 Å². The third-order valence-electron chi connectivity index (χ3n) is 4.83. The van der Waals surface area contributed by atoms with E-state index in [1.165, 1.54) is 6.08 Å². The van der Waals surface area contributed by atoms with Crippen molar-refractivity contribution >= 4 is 46.5 Å². The number of carbonyl (C=O) groups excluding carboxylic acids is 3. The molecule has 3 heterocycles. The lowest BCUT2D eigenvalue weighted by molar-refractivity contribution is -0.127. The molecule has 1 aromatic heterocycles. The molecule has 168 valence electrons. The predicted molar refractivity (Wildman–Crippen MR) is 121 cm³/mol. The van der Waals surface area contributed by atoms with E-state index in [1.54, 1.807) is 30.3 Å². The standard InChI is InChI=1S/C22H23N3O6S/c1-2-30-16-5-3-15(4-6-16)23-19(26)14-25-21(27)18(32-22(25)28)13-17-7-8-20(31-17)24-9-11-29-12-10-24/h3-8,13H,2,9-12,14H2,1H3,(H,23,26)/b18-13+. The van der Waals surface area contributed by atoms with Crippen LogP contribution in [0.25, 0.3) is 6.08 Å². The Labute approximate surface area is 189 Å². The number of hydrogen-bond donors (Lipinski definition) is 1. The number of thioether (sulfide) groups is 1. The number of nitrogens with zero attached hydrogens (tertiary/aromatic N) is 2. The molecule has 32 heavy (non-hydrogen) atoms. The lowest BCUT2D eigenvalue weighted by atomic mass is 10.3. The van der Waals surface area contributed by atoms with Gasteiger partial charge in [-0.05, 0) is 49.0 Å². The van der Waals surface area contributed by atoms with Gasteiger partial charge in [0, 0.05) is 30.9 Å². The molecule has 0 spiro atoms. The van der Waals surface area contributed by atoms with Gasteiger partial charge in [-0.3, -0.25) is 19.3 Å². The molecule has 0 atom stereocenters. The molecule has 0 unspecified atom stereocenters. The van der Waals surface area contributed by atoms with Crippen molar-refractivity contribution in [3.05, 3.63) is 47.1 Å². The summed E-state index contributed by atoms with van der Waals surface area (Å²) < 4.78 is 16.5. The van der Waals surface area contributed by atoms with Crippen LogP contribution in [0.3, 0.4) is 0 Å². The van der Waals surface area contributed by atoms with E-state index in [4.69, 9.17) is 13.9 Å². The molecule has 1 N–H and O–H groups in total. The summed E-state index contributed by atoms with van der Waals surface area (Å²) in [7, 11) is 0. The third kappa shape index (κ3) is 5.14. The molecule has 0 bridgehead atoms. The number of ether oxygens (including phenoxy) is 2. The monoisotopic (exact) mass is 457 g/mol. The van der Waals surface area contributed by atoms with Crippen molar-refractivity contribution in [1.29, 1.82) is 0 Å². The number of hydrogen-bond acceptors (Lipinski definition) is 8. The Kier molecular flexibility index (Phi) is 6.81. The molecule has 2 aliphatic rings. The lowest BCUT2D eigenvalue weighted by Crippen LogP contribution is -2.36. The van der Waals surface area contributed by atoms with E-state index in [0.29, 0.717) is 42.9 Å². The fourth-order valence-corrected chi connectivity index (χ4v) is 4.10. The van der Waals surface area contributed by atoms with Crippen LogP contribution in [0.15, 0.2) is 45.7 Å². The minimum absolute atomic E-state index is 0.215. The molecule has 10 heteroatoms. The van der Waals surface area contributed by atoms with Crippen LogP contribution in [0.2, 0.25) is 0 Å². The summed E-state index contributed by atoms with van der Waals surface area (Å²) in [5.74, 6) is 0.858. The van der Waals surface area contributed by atoms with Gasteiger partial charge in [-0.1, -0.05) is 0 Å². The van der Waals surface area contributed by atoms with Crippen LogP contribution in [0.1, 0.15) is 12.7 Å². The zero-order chi connectivity index (χ0) is 22.5. The highest BCUT2D eigenvalue weighted by molar-refractivity contribution is 8.18. The molecule has 1 aromatic carbocycles. The molecule has 0 saturated carbocycles. The van der Waals surface area contributed by atoms with Crippen LogP contribution in [0.5, 0.6) is 5.75 Å². The Hall–Kier alpha value is -3.24. The predicted octanol–water partition coefficient (Wildman–Crippen LogP) is 3.19. The second-order valence-electron chi connectivity index (χ2n) is 7.05. The summed E-state index contributed by atoms with van der Waals surface area (Å²) >= 11 is 0.786. The summed E-state index contributed by atoms with van der Waals surface area (Å²) in [4.78, 5) is 40.6. The zero-order valence-electron chi connectivity index (χ0n) is 17.5. The molecule has 3 amide bonds. The van der Waals surface area contributed by atoms with Crippen molar-refractivity contribution in [2.24, 2.45) is 0 Å². The number of morpholine rings is 1. The van der Waals surface area contributed by atoms with Gasteiger partial charge in [0.05, 0.1) is 24.7 Å². The molecule has 9 nitrogen and oxygen atoms in total. The first kappa shape index (κ1) is 22.0. The average molecular weight is 458 g/mol. The van der Waals surface area contributed by atoms with Crippen LogP contribution in [-0.4, -0.2) is 61.4 Å². The van der Waals surface area contributed by atoms with Crippen molar-refractivity contribution < 1.29 is 28.3 Å². The Morgan fingerprint density at radius 2 is 1.91 bits per heavy atom. The summed E-state index contributed by atoms with van der Waals surface area (Å²) in [6.45, 7) is 4.79. The van der Waals surface area contributed by atoms with Gasteiger partial charge in [0.1, 0.15) is 18.1 Å². The van der Waals surface area contributed by atoms with Crippen LogP contribution in [0.4, 0.5) is 16.4 Å². The second kappa shape index (κ2) is 9.92. The number of amides is 3. The number of furan rings is 1. The Morgan fingerprint density at radius 1 is 1.16 bits per heavy atom. The van der Waals surface area contributed by atoms with E-state index in [9.17, 15) is 14.4 Å². The van der Waals surface area contributed by atoms with Crippen LogP contribution in [0, 0.1) is 0 Å². The first-order chi connectivity index (χ1) is 15.5. The zero-order valence-corrected chi connectivity index (χ0v) is 18.4. The number of anilines is 2. The largest absolute Gasteiger partial charge is 0.494 e. The van der Waals surface area contributed by atoms with E-state index in [-0.39, 0.29) is 11.4 Å². The van der Waals surface area contributed by atoms with E-state index < -0.39 is 17.1 Å². The third-order valence-corrected chi connectivity index (χ3v) is 5.74. The smallest absolute Gasteiger partial charge is 0.294 e. The Morgan fingerprint density at radius 3 is 2.62 bits per heavy atom.